The van der Waals surface area contributed by atoms with E-state index in [1.165, 1.54) is 12.1 Å². The van der Waals surface area contributed by atoms with Crippen LogP contribution in [0.4, 0.5) is 15.8 Å². The molecule has 0 saturated heterocycles. The van der Waals surface area contributed by atoms with Crippen molar-refractivity contribution < 1.29 is 13.9 Å². The zero-order chi connectivity index (χ0) is 16.1. The quantitative estimate of drug-likeness (QED) is 0.835. The molecule has 2 aromatic carbocycles. The van der Waals surface area contributed by atoms with Crippen molar-refractivity contribution in [2.45, 2.75) is 6.92 Å². The molecular formula is C16H17FN2O2S. The maximum atomic E-state index is 12.9. The van der Waals surface area contributed by atoms with Crippen LogP contribution in [-0.2, 0) is 0 Å². The molecule has 6 heteroatoms. The monoisotopic (exact) mass is 320 g/mol. The van der Waals surface area contributed by atoms with Gasteiger partial charge in [0.25, 0.3) is 0 Å². The van der Waals surface area contributed by atoms with Gasteiger partial charge in [-0.3, -0.25) is 0 Å². The Hall–Kier alpha value is -2.34. The summed E-state index contributed by atoms with van der Waals surface area (Å²) in [5.41, 5.74) is 2.47. The number of hydrogen-bond acceptors (Lipinski definition) is 3. The largest absolute Gasteiger partial charge is 0.493 e. The highest BCUT2D eigenvalue weighted by molar-refractivity contribution is 7.80. The van der Waals surface area contributed by atoms with Gasteiger partial charge in [-0.05, 0) is 55.0 Å². The Labute approximate surface area is 134 Å². The number of ether oxygens (including phenoxy) is 2. The lowest BCUT2D eigenvalue weighted by Crippen LogP contribution is -2.19. The van der Waals surface area contributed by atoms with Crippen molar-refractivity contribution in [3.63, 3.8) is 0 Å². The van der Waals surface area contributed by atoms with Crippen LogP contribution in [0.25, 0.3) is 0 Å². The van der Waals surface area contributed by atoms with E-state index in [2.05, 4.69) is 10.6 Å². The van der Waals surface area contributed by atoms with E-state index in [9.17, 15) is 4.39 Å². The fraction of sp³-hybridized carbons (Fsp3) is 0.188. The highest BCUT2D eigenvalue weighted by Crippen LogP contribution is 2.32. The highest BCUT2D eigenvalue weighted by Gasteiger charge is 2.09. The topological polar surface area (TPSA) is 42.5 Å². The fourth-order valence-electron chi connectivity index (χ4n) is 1.93. The summed E-state index contributed by atoms with van der Waals surface area (Å²) < 4.78 is 23.4. The number of thiocarbonyl (C=S) groups is 1. The highest BCUT2D eigenvalue weighted by atomic mass is 32.1. The third kappa shape index (κ3) is 3.85. The van der Waals surface area contributed by atoms with Crippen molar-refractivity contribution in [1.29, 1.82) is 0 Å². The van der Waals surface area contributed by atoms with E-state index in [1.807, 2.05) is 19.1 Å². The average molecular weight is 320 g/mol. The maximum absolute atomic E-state index is 12.9. The van der Waals surface area contributed by atoms with Gasteiger partial charge in [0.15, 0.2) is 16.6 Å². The van der Waals surface area contributed by atoms with Crippen LogP contribution in [0.15, 0.2) is 36.4 Å². The smallest absolute Gasteiger partial charge is 0.175 e. The zero-order valence-corrected chi connectivity index (χ0v) is 13.4. The van der Waals surface area contributed by atoms with Gasteiger partial charge < -0.3 is 20.1 Å². The second kappa shape index (κ2) is 7.09. The Morgan fingerprint density at radius 1 is 1.00 bits per heavy atom. The molecule has 0 aliphatic carbocycles. The van der Waals surface area contributed by atoms with Gasteiger partial charge in [-0.1, -0.05) is 0 Å². The molecule has 2 rings (SSSR count). The maximum Gasteiger partial charge on any atom is 0.175 e. The molecule has 4 nitrogen and oxygen atoms in total. The van der Waals surface area contributed by atoms with Gasteiger partial charge in [-0.15, -0.1) is 0 Å². The first-order chi connectivity index (χ1) is 10.5. The second-order valence-electron chi connectivity index (χ2n) is 4.61. The second-order valence-corrected chi connectivity index (χ2v) is 5.02. The molecule has 0 unspecified atom stereocenters. The van der Waals surface area contributed by atoms with E-state index in [1.54, 1.807) is 26.4 Å². The minimum absolute atomic E-state index is 0.292. The first-order valence-electron chi connectivity index (χ1n) is 6.59. The van der Waals surface area contributed by atoms with Crippen LogP contribution in [0.5, 0.6) is 11.5 Å². The summed E-state index contributed by atoms with van der Waals surface area (Å²) >= 11 is 5.26. The van der Waals surface area contributed by atoms with Crippen LogP contribution in [-0.4, -0.2) is 19.3 Å². The molecule has 0 aromatic heterocycles. The number of methoxy groups -OCH3 is 2. The molecule has 2 aromatic rings. The van der Waals surface area contributed by atoms with Crippen LogP contribution in [0.1, 0.15) is 5.56 Å². The Bertz CT molecular complexity index is 675. The zero-order valence-electron chi connectivity index (χ0n) is 12.6. The molecule has 0 saturated carbocycles. The summed E-state index contributed by atoms with van der Waals surface area (Å²) in [5, 5.41) is 6.49. The van der Waals surface area contributed by atoms with Crippen molar-refractivity contribution in [3.8, 4) is 11.5 Å². The third-order valence-corrected chi connectivity index (χ3v) is 3.28. The molecule has 0 fully saturated rings. The van der Waals surface area contributed by atoms with E-state index in [-0.39, 0.29) is 5.82 Å². The molecule has 0 heterocycles. The Balaban J connectivity index is 2.12. The van der Waals surface area contributed by atoms with Gasteiger partial charge in [-0.2, -0.15) is 0 Å². The van der Waals surface area contributed by atoms with Crippen molar-refractivity contribution in [3.05, 3.63) is 47.8 Å². The lowest BCUT2D eigenvalue weighted by atomic mass is 10.1. The lowest BCUT2D eigenvalue weighted by Gasteiger charge is -2.15. The van der Waals surface area contributed by atoms with E-state index >= 15 is 0 Å². The SMILES string of the molecule is COc1cc(C)c(NC(=S)Nc2ccc(F)cc2)cc1OC. The first kappa shape index (κ1) is 16.0. The Morgan fingerprint density at radius 2 is 1.59 bits per heavy atom. The molecule has 0 amide bonds. The molecule has 0 bridgehead atoms. The molecule has 0 spiro atoms. The molecule has 0 radical (unpaired) electrons. The van der Waals surface area contributed by atoms with Gasteiger partial charge >= 0.3 is 0 Å². The summed E-state index contributed by atoms with van der Waals surface area (Å²) in [5.74, 6) is 0.975. The molecule has 2 N–H and O–H groups in total. The average Bonchev–Trinajstić information content (AvgIpc) is 2.51. The van der Waals surface area contributed by atoms with E-state index in [0.29, 0.717) is 22.3 Å². The standard InChI is InChI=1S/C16H17FN2O2S/c1-10-8-14(20-2)15(21-3)9-13(10)19-16(22)18-12-6-4-11(17)5-7-12/h4-9H,1-3H3,(H2,18,19,22). The van der Waals surface area contributed by atoms with Crippen LogP contribution in [0.3, 0.4) is 0 Å². The van der Waals surface area contributed by atoms with Crippen molar-refractivity contribution in [2.24, 2.45) is 0 Å². The number of aryl methyl sites for hydroxylation is 1. The third-order valence-electron chi connectivity index (χ3n) is 3.08. The number of halogens is 1. The summed E-state index contributed by atoms with van der Waals surface area (Å²) in [6.07, 6.45) is 0. The number of nitrogens with one attached hydrogen (secondary N) is 2. The predicted octanol–water partition coefficient (Wildman–Crippen LogP) is 3.96. The predicted molar refractivity (Wildman–Crippen MR) is 90.5 cm³/mol. The van der Waals surface area contributed by atoms with Gasteiger partial charge in [0, 0.05) is 17.4 Å². The summed E-state index contributed by atoms with van der Waals surface area (Å²) in [4.78, 5) is 0. The normalized spacial score (nSPS) is 10.0. The van der Waals surface area contributed by atoms with Crippen LogP contribution in [0, 0.1) is 12.7 Å². The summed E-state index contributed by atoms with van der Waals surface area (Å²) in [6.45, 7) is 1.94. The summed E-state index contributed by atoms with van der Waals surface area (Å²) in [7, 11) is 3.16. The number of rotatable bonds is 4. The lowest BCUT2D eigenvalue weighted by molar-refractivity contribution is 0.355. The minimum atomic E-state index is -0.292. The van der Waals surface area contributed by atoms with E-state index in [4.69, 9.17) is 21.7 Å². The van der Waals surface area contributed by atoms with E-state index < -0.39 is 0 Å². The summed E-state index contributed by atoms with van der Waals surface area (Å²) in [6, 6.07) is 9.64. The molecule has 0 aliphatic rings. The van der Waals surface area contributed by atoms with Crippen LogP contribution in [0.2, 0.25) is 0 Å². The Kier molecular flexibility index (Phi) is 5.16. The number of hydrogen-bond donors (Lipinski definition) is 2. The Morgan fingerprint density at radius 3 is 2.18 bits per heavy atom. The number of anilines is 2. The van der Waals surface area contributed by atoms with Crippen molar-refractivity contribution in [2.75, 3.05) is 24.9 Å². The van der Waals surface area contributed by atoms with Gasteiger partial charge in [0.2, 0.25) is 0 Å². The van der Waals surface area contributed by atoms with Crippen molar-refractivity contribution in [1.82, 2.24) is 0 Å². The van der Waals surface area contributed by atoms with Crippen LogP contribution < -0.4 is 20.1 Å². The van der Waals surface area contributed by atoms with Crippen LogP contribution >= 0.6 is 12.2 Å². The van der Waals surface area contributed by atoms with Gasteiger partial charge in [-0.25, -0.2) is 4.39 Å². The number of benzene rings is 2. The molecule has 0 atom stereocenters. The molecular weight excluding hydrogens is 303 g/mol. The molecule has 22 heavy (non-hydrogen) atoms. The van der Waals surface area contributed by atoms with Gasteiger partial charge in [0.05, 0.1) is 14.2 Å². The minimum Gasteiger partial charge on any atom is -0.493 e. The first-order valence-corrected chi connectivity index (χ1v) is 7.00. The molecule has 116 valence electrons. The van der Waals surface area contributed by atoms with Gasteiger partial charge in [0.1, 0.15) is 5.82 Å². The fourth-order valence-corrected chi connectivity index (χ4v) is 2.16. The van der Waals surface area contributed by atoms with Crippen molar-refractivity contribution >= 4 is 28.7 Å². The molecule has 0 aliphatic heterocycles. The van der Waals surface area contributed by atoms with E-state index in [0.717, 1.165) is 11.3 Å².